The zero-order valence-electron chi connectivity index (χ0n) is 20.8. The molecule has 0 unspecified atom stereocenters. The lowest BCUT2D eigenvalue weighted by Gasteiger charge is -2.30. The number of nitrogens with one attached hydrogen (secondary N) is 2. The highest BCUT2D eigenvalue weighted by molar-refractivity contribution is 7.84. The number of aliphatic hydroxyl groups excluding tert-OH is 1. The van der Waals surface area contributed by atoms with Crippen LogP contribution < -0.4 is 10.0 Å². The van der Waals surface area contributed by atoms with Gasteiger partial charge in [-0.1, -0.05) is 6.07 Å². The van der Waals surface area contributed by atoms with Gasteiger partial charge in [-0.2, -0.15) is 21.9 Å². The van der Waals surface area contributed by atoms with Crippen LogP contribution in [0.2, 0.25) is 0 Å². The highest BCUT2D eigenvalue weighted by Crippen LogP contribution is 2.44. The van der Waals surface area contributed by atoms with E-state index < -0.39 is 53.0 Å². The van der Waals surface area contributed by atoms with Crippen LogP contribution in [-0.2, 0) is 25.1 Å². The third-order valence-electron chi connectivity index (χ3n) is 6.63. The summed E-state index contributed by atoms with van der Waals surface area (Å²) in [6.45, 7) is 0.956. The summed E-state index contributed by atoms with van der Waals surface area (Å²) in [4.78, 5) is 26.6. The number of aliphatic hydroxyl groups is 1. The van der Waals surface area contributed by atoms with Gasteiger partial charge in [-0.05, 0) is 37.5 Å². The number of aromatic nitrogens is 3. The number of pyridine rings is 1. The van der Waals surface area contributed by atoms with Gasteiger partial charge >= 0.3 is 16.2 Å². The minimum Gasteiger partial charge on any atom is -0.390 e. The predicted molar refractivity (Wildman–Crippen MR) is 136 cm³/mol. The Balaban J connectivity index is 1.37. The Morgan fingerprint density at radius 3 is 2.85 bits per heavy atom. The molecule has 15 heteroatoms. The average molecular weight is 582 g/mol. The van der Waals surface area contributed by atoms with Crippen molar-refractivity contribution < 1.29 is 36.0 Å². The number of ketones is 1. The standard InChI is InChI=1S/C24H25F2N5O6S2/c1-12-15(21-14-4-3-5-29-22(14)24(25,26)10-36-21)8-19(38-12)20(33)16-9-28-11-30-23(16)31-13-6-17(32)18(7-13)37-39(34,35)27-2/h3-5,8-9,11,13,17-18,21,27,32H,6-7,10H2,1-2H3,(H,28,30,31)/t13-,17+,18-,21+/m1/s1. The summed E-state index contributed by atoms with van der Waals surface area (Å²) < 4.78 is 64.8. The van der Waals surface area contributed by atoms with Crippen LogP contribution in [0.4, 0.5) is 14.6 Å². The van der Waals surface area contributed by atoms with Crippen LogP contribution in [0.1, 0.15) is 55.9 Å². The maximum atomic E-state index is 14.4. The zero-order valence-corrected chi connectivity index (χ0v) is 22.4. The highest BCUT2D eigenvalue weighted by Gasteiger charge is 2.44. The number of anilines is 1. The maximum absolute atomic E-state index is 14.4. The minimum absolute atomic E-state index is 0.152. The number of thiophene rings is 1. The van der Waals surface area contributed by atoms with Crippen molar-refractivity contribution in [3.8, 4) is 0 Å². The number of carbonyl (C=O) groups is 1. The number of hydrogen-bond donors (Lipinski definition) is 3. The summed E-state index contributed by atoms with van der Waals surface area (Å²) in [5.41, 5.74) is 0.649. The Bertz CT molecular complexity index is 1500. The molecule has 2 aliphatic rings. The van der Waals surface area contributed by atoms with E-state index in [1.165, 1.54) is 37.1 Å². The number of carbonyl (C=O) groups excluding carboxylic acids is 1. The second-order valence-corrected chi connectivity index (χ2v) is 12.0. The largest absolute Gasteiger partial charge is 0.390 e. The van der Waals surface area contributed by atoms with Gasteiger partial charge in [0.2, 0.25) is 5.78 Å². The Hall–Kier alpha value is -2.95. The molecular formula is C24H25F2N5O6S2. The summed E-state index contributed by atoms with van der Waals surface area (Å²) in [6, 6.07) is 4.30. The van der Waals surface area contributed by atoms with Gasteiger partial charge in [0, 0.05) is 35.9 Å². The fourth-order valence-corrected chi connectivity index (χ4v) is 6.38. The fourth-order valence-electron chi connectivity index (χ4n) is 4.75. The number of nitrogens with zero attached hydrogens (tertiary/aromatic N) is 3. The molecule has 39 heavy (non-hydrogen) atoms. The van der Waals surface area contributed by atoms with Gasteiger partial charge < -0.3 is 15.2 Å². The molecule has 208 valence electrons. The molecule has 1 saturated carbocycles. The first kappa shape index (κ1) is 27.6. The van der Waals surface area contributed by atoms with Crippen LogP contribution in [0.15, 0.2) is 36.9 Å². The van der Waals surface area contributed by atoms with E-state index in [0.717, 1.165) is 4.88 Å². The van der Waals surface area contributed by atoms with Gasteiger partial charge in [0.1, 0.15) is 36.7 Å². The van der Waals surface area contributed by atoms with Crippen molar-refractivity contribution in [2.24, 2.45) is 0 Å². The molecular weight excluding hydrogens is 556 g/mol. The Morgan fingerprint density at radius 2 is 2.08 bits per heavy atom. The molecule has 3 N–H and O–H groups in total. The van der Waals surface area contributed by atoms with Crippen molar-refractivity contribution >= 4 is 33.2 Å². The lowest BCUT2D eigenvalue weighted by atomic mass is 9.95. The molecule has 1 aliphatic carbocycles. The van der Waals surface area contributed by atoms with Gasteiger partial charge in [-0.15, -0.1) is 11.3 Å². The summed E-state index contributed by atoms with van der Waals surface area (Å²) >= 11 is 1.19. The SMILES string of the molecule is CNS(=O)(=O)O[C@@H]1C[C@H](Nc2ncncc2C(=O)c2cc([C@H]3OCC(F)(F)c4ncccc43)c(C)s2)C[C@@H]1O. The monoisotopic (exact) mass is 581 g/mol. The first-order valence-corrected chi connectivity index (χ1v) is 14.2. The molecule has 5 rings (SSSR count). The van der Waals surface area contributed by atoms with Crippen LogP contribution in [0.5, 0.6) is 0 Å². The lowest BCUT2D eigenvalue weighted by Crippen LogP contribution is -2.32. The molecule has 0 bridgehead atoms. The van der Waals surface area contributed by atoms with Crippen molar-refractivity contribution in [2.75, 3.05) is 19.0 Å². The molecule has 0 spiro atoms. The number of halogens is 2. The highest BCUT2D eigenvalue weighted by atomic mass is 32.2. The van der Waals surface area contributed by atoms with E-state index in [2.05, 4.69) is 20.3 Å². The molecule has 1 aliphatic heterocycles. The smallest absolute Gasteiger partial charge is 0.335 e. The van der Waals surface area contributed by atoms with Gasteiger partial charge in [0.15, 0.2) is 0 Å². The van der Waals surface area contributed by atoms with Gasteiger partial charge in [0.05, 0.1) is 16.5 Å². The van der Waals surface area contributed by atoms with Crippen LogP contribution in [0, 0.1) is 6.92 Å². The van der Waals surface area contributed by atoms with E-state index in [1.54, 1.807) is 25.1 Å². The number of rotatable bonds is 8. The van der Waals surface area contributed by atoms with Crippen LogP contribution in [0.25, 0.3) is 0 Å². The van der Waals surface area contributed by atoms with Gasteiger partial charge in [-0.25, -0.2) is 9.97 Å². The molecule has 0 radical (unpaired) electrons. The second-order valence-electron chi connectivity index (χ2n) is 9.25. The van der Waals surface area contributed by atoms with Crippen molar-refractivity contribution in [3.05, 3.63) is 69.1 Å². The summed E-state index contributed by atoms with van der Waals surface area (Å²) in [7, 11) is -2.80. The fraction of sp³-hybridized carbons (Fsp3) is 0.417. The Labute approximate surface area is 226 Å². The number of aryl methyl sites for hydroxylation is 1. The van der Waals surface area contributed by atoms with Crippen molar-refractivity contribution in [1.82, 2.24) is 19.7 Å². The van der Waals surface area contributed by atoms with E-state index in [4.69, 9.17) is 8.92 Å². The quantitative estimate of drug-likeness (QED) is 0.338. The Kier molecular flexibility index (Phi) is 7.47. The van der Waals surface area contributed by atoms with Crippen molar-refractivity contribution in [1.29, 1.82) is 0 Å². The molecule has 1 fully saturated rings. The van der Waals surface area contributed by atoms with E-state index in [-0.39, 0.29) is 35.5 Å². The predicted octanol–water partition coefficient (Wildman–Crippen LogP) is 2.47. The molecule has 11 nitrogen and oxygen atoms in total. The third kappa shape index (κ3) is 5.55. The molecule has 0 aromatic carbocycles. The maximum Gasteiger partial charge on any atom is 0.335 e. The first-order valence-electron chi connectivity index (χ1n) is 12.0. The Morgan fingerprint density at radius 1 is 1.28 bits per heavy atom. The number of ether oxygens (including phenoxy) is 1. The lowest BCUT2D eigenvalue weighted by molar-refractivity contribution is -0.119. The van der Waals surface area contributed by atoms with Crippen molar-refractivity contribution in [2.45, 2.75) is 50.0 Å². The molecule has 3 aromatic heterocycles. The van der Waals surface area contributed by atoms with E-state index in [9.17, 15) is 27.1 Å². The molecule has 0 saturated heterocycles. The minimum atomic E-state index is -4.00. The zero-order chi connectivity index (χ0) is 27.9. The molecule has 3 aromatic rings. The van der Waals surface area contributed by atoms with E-state index in [1.807, 2.05) is 4.72 Å². The average Bonchev–Trinajstić information content (AvgIpc) is 3.45. The number of fused-ring (bicyclic) bond motifs is 1. The van der Waals surface area contributed by atoms with Crippen molar-refractivity contribution in [3.63, 3.8) is 0 Å². The van der Waals surface area contributed by atoms with Gasteiger partial charge in [-0.3, -0.25) is 14.0 Å². The van der Waals surface area contributed by atoms with Crippen LogP contribution >= 0.6 is 11.3 Å². The van der Waals surface area contributed by atoms with Crippen LogP contribution in [-0.4, -0.2) is 66.2 Å². The molecule has 4 atom stereocenters. The summed E-state index contributed by atoms with van der Waals surface area (Å²) in [5.74, 6) is -3.40. The number of hydrogen-bond acceptors (Lipinski definition) is 11. The van der Waals surface area contributed by atoms with E-state index in [0.29, 0.717) is 10.4 Å². The topological polar surface area (TPSA) is 153 Å². The summed E-state index contributed by atoms with van der Waals surface area (Å²) in [5, 5.41) is 13.4. The first-order chi connectivity index (χ1) is 18.5. The van der Waals surface area contributed by atoms with E-state index >= 15 is 0 Å². The number of alkyl halides is 2. The normalized spacial score (nSPS) is 24.3. The second kappa shape index (κ2) is 10.6. The molecule has 4 heterocycles. The third-order valence-corrected chi connectivity index (χ3v) is 8.70. The van der Waals surface area contributed by atoms with Crippen LogP contribution in [0.3, 0.4) is 0 Å². The summed E-state index contributed by atoms with van der Waals surface area (Å²) in [6.07, 6.45) is 1.43. The van der Waals surface area contributed by atoms with Gasteiger partial charge in [0.25, 0.3) is 0 Å². The molecule has 0 amide bonds.